The first-order valence-electron chi connectivity index (χ1n) is 7.26. The van der Waals surface area contributed by atoms with Crippen molar-refractivity contribution >= 4 is 29.2 Å². The fourth-order valence-electron chi connectivity index (χ4n) is 2.36. The minimum absolute atomic E-state index is 0.0356. The third-order valence-corrected chi connectivity index (χ3v) is 3.81. The van der Waals surface area contributed by atoms with Crippen LogP contribution in [0.2, 0.25) is 5.02 Å². The molecule has 0 saturated carbocycles. The third kappa shape index (κ3) is 4.83. The zero-order valence-electron chi connectivity index (χ0n) is 12.7. The van der Waals surface area contributed by atoms with E-state index < -0.39 is 11.9 Å². The molecule has 0 aliphatic heterocycles. The van der Waals surface area contributed by atoms with Crippen molar-refractivity contribution in [3.63, 3.8) is 0 Å². The van der Waals surface area contributed by atoms with Crippen LogP contribution in [0.3, 0.4) is 0 Å². The van der Waals surface area contributed by atoms with Crippen LogP contribution < -0.4 is 5.32 Å². The molecule has 0 aliphatic carbocycles. The second-order valence-corrected chi connectivity index (χ2v) is 5.67. The molecule has 0 spiro atoms. The average molecular weight is 343 g/mol. The zero-order valence-corrected chi connectivity index (χ0v) is 13.5. The molecule has 0 heterocycles. The van der Waals surface area contributed by atoms with Gasteiger partial charge in [-0.15, -0.1) is 0 Å². The monoisotopic (exact) mass is 342 g/mol. The number of nitriles is 1. The molecule has 0 aromatic heterocycles. The Kier molecular flexibility index (Phi) is 5.94. The highest BCUT2D eigenvalue weighted by molar-refractivity contribution is 6.32. The molecule has 1 atom stereocenters. The second kappa shape index (κ2) is 8.14. The number of amides is 1. The Hall–Kier alpha value is -2.84. The molecule has 5 nitrogen and oxygen atoms in total. The smallest absolute Gasteiger partial charge is 0.303 e. The zero-order chi connectivity index (χ0) is 17.5. The van der Waals surface area contributed by atoms with Crippen LogP contribution in [0.4, 0.5) is 5.69 Å². The molecule has 1 amide bonds. The molecule has 0 radical (unpaired) electrons. The van der Waals surface area contributed by atoms with Crippen LogP contribution in [-0.4, -0.2) is 17.0 Å². The first kappa shape index (κ1) is 17.5. The highest BCUT2D eigenvalue weighted by Crippen LogP contribution is 2.25. The van der Waals surface area contributed by atoms with Crippen LogP contribution in [0.15, 0.2) is 48.5 Å². The number of hydrogen-bond donors (Lipinski definition) is 2. The van der Waals surface area contributed by atoms with Gasteiger partial charge in [-0.05, 0) is 23.8 Å². The van der Waals surface area contributed by atoms with Gasteiger partial charge in [0.25, 0.3) is 0 Å². The number of aliphatic carboxylic acids is 1. The van der Waals surface area contributed by atoms with Crippen LogP contribution in [0.5, 0.6) is 0 Å². The Bertz CT molecular complexity index is 785. The van der Waals surface area contributed by atoms with E-state index in [1.807, 2.05) is 24.3 Å². The Morgan fingerprint density at radius 3 is 2.46 bits per heavy atom. The molecule has 0 fully saturated rings. The van der Waals surface area contributed by atoms with Crippen LogP contribution in [-0.2, 0) is 9.59 Å². The quantitative estimate of drug-likeness (QED) is 0.835. The fourth-order valence-corrected chi connectivity index (χ4v) is 2.59. The van der Waals surface area contributed by atoms with Crippen molar-refractivity contribution in [2.45, 2.75) is 18.8 Å². The van der Waals surface area contributed by atoms with Crippen LogP contribution in [0, 0.1) is 11.3 Å². The SMILES string of the molecule is N#Cc1ccc(NC(=O)CC(CC(=O)O)c2ccccc2)cc1Cl. The van der Waals surface area contributed by atoms with Gasteiger partial charge < -0.3 is 10.4 Å². The molecule has 2 rings (SSSR count). The highest BCUT2D eigenvalue weighted by Gasteiger charge is 2.19. The van der Waals surface area contributed by atoms with Crippen molar-refractivity contribution < 1.29 is 14.7 Å². The first-order valence-corrected chi connectivity index (χ1v) is 7.63. The van der Waals surface area contributed by atoms with Crippen molar-refractivity contribution in [2.24, 2.45) is 0 Å². The van der Waals surface area contributed by atoms with E-state index in [2.05, 4.69) is 5.32 Å². The molecule has 2 aromatic carbocycles. The van der Waals surface area contributed by atoms with E-state index in [1.165, 1.54) is 12.1 Å². The molecule has 122 valence electrons. The standard InChI is InChI=1S/C18H15ClN2O3/c19-16-10-15(7-6-13(16)11-20)21-17(22)8-14(9-18(23)24)12-4-2-1-3-5-12/h1-7,10,14H,8-9H2,(H,21,22)(H,23,24). The van der Waals surface area contributed by atoms with Crippen molar-refractivity contribution in [1.29, 1.82) is 5.26 Å². The Morgan fingerprint density at radius 1 is 1.17 bits per heavy atom. The summed E-state index contributed by atoms with van der Waals surface area (Å²) in [6.07, 6.45) is -0.0977. The number of carboxylic acid groups (broad SMARTS) is 1. The second-order valence-electron chi connectivity index (χ2n) is 5.26. The van der Waals surface area contributed by atoms with Crippen LogP contribution >= 0.6 is 11.6 Å². The van der Waals surface area contributed by atoms with Crippen molar-refractivity contribution in [1.82, 2.24) is 0 Å². The maximum Gasteiger partial charge on any atom is 0.303 e. The normalized spacial score (nSPS) is 11.3. The number of nitrogens with zero attached hydrogens (tertiary/aromatic N) is 1. The highest BCUT2D eigenvalue weighted by atomic mass is 35.5. The number of rotatable bonds is 6. The van der Waals surface area contributed by atoms with Gasteiger partial charge in [0.05, 0.1) is 17.0 Å². The summed E-state index contributed by atoms with van der Waals surface area (Å²) < 4.78 is 0. The molecule has 0 saturated heterocycles. The van der Waals surface area contributed by atoms with E-state index in [-0.39, 0.29) is 23.8 Å². The average Bonchev–Trinajstić information content (AvgIpc) is 2.55. The Balaban J connectivity index is 2.09. The lowest BCUT2D eigenvalue weighted by Crippen LogP contribution is -2.17. The van der Waals surface area contributed by atoms with Crippen molar-refractivity contribution in [2.75, 3.05) is 5.32 Å². The molecule has 6 heteroatoms. The van der Waals surface area contributed by atoms with Gasteiger partial charge in [-0.3, -0.25) is 9.59 Å². The molecule has 0 aliphatic rings. The van der Waals surface area contributed by atoms with Crippen LogP contribution in [0.1, 0.15) is 29.9 Å². The summed E-state index contributed by atoms with van der Waals surface area (Å²) in [4.78, 5) is 23.3. The summed E-state index contributed by atoms with van der Waals surface area (Å²) in [6, 6.07) is 15.6. The summed E-state index contributed by atoms with van der Waals surface area (Å²) in [5, 5.41) is 20.8. The summed E-state index contributed by atoms with van der Waals surface area (Å²) in [5.74, 6) is -1.69. The molecular weight excluding hydrogens is 328 g/mol. The lowest BCUT2D eigenvalue weighted by molar-refractivity contribution is -0.137. The molecule has 2 N–H and O–H groups in total. The first-order chi connectivity index (χ1) is 11.5. The number of nitrogens with one attached hydrogen (secondary N) is 1. The van der Waals surface area contributed by atoms with E-state index in [0.717, 1.165) is 5.56 Å². The maximum absolute atomic E-state index is 12.2. The third-order valence-electron chi connectivity index (χ3n) is 3.50. The van der Waals surface area contributed by atoms with E-state index in [1.54, 1.807) is 18.2 Å². The van der Waals surface area contributed by atoms with Gasteiger partial charge in [-0.25, -0.2) is 0 Å². The largest absolute Gasteiger partial charge is 0.481 e. The van der Waals surface area contributed by atoms with Crippen molar-refractivity contribution in [3.05, 3.63) is 64.7 Å². The Morgan fingerprint density at radius 2 is 1.88 bits per heavy atom. The molecule has 2 aromatic rings. The number of anilines is 1. The molecule has 1 unspecified atom stereocenters. The molecule has 24 heavy (non-hydrogen) atoms. The molecule has 0 bridgehead atoms. The summed E-state index contributed by atoms with van der Waals surface area (Å²) in [5.41, 5.74) is 1.58. The van der Waals surface area contributed by atoms with E-state index >= 15 is 0 Å². The summed E-state index contributed by atoms with van der Waals surface area (Å²) in [6.45, 7) is 0. The van der Waals surface area contributed by atoms with Crippen LogP contribution in [0.25, 0.3) is 0 Å². The summed E-state index contributed by atoms with van der Waals surface area (Å²) in [7, 11) is 0. The topological polar surface area (TPSA) is 90.2 Å². The van der Waals surface area contributed by atoms with E-state index in [4.69, 9.17) is 22.0 Å². The lowest BCUT2D eigenvalue weighted by atomic mass is 9.92. The lowest BCUT2D eigenvalue weighted by Gasteiger charge is -2.15. The van der Waals surface area contributed by atoms with E-state index in [0.29, 0.717) is 11.3 Å². The number of carboxylic acids is 1. The van der Waals surface area contributed by atoms with Gasteiger partial charge >= 0.3 is 5.97 Å². The number of halogens is 1. The van der Waals surface area contributed by atoms with Gasteiger partial charge in [-0.2, -0.15) is 5.26 Å². The predicted molar refractivity (Wildman–Crippen MR) is 90.8 cm³/mol. The number of carbonyl (C=O) groups is 2. The van der Waals surface area contributed by atoms with Gasteiger partial charge in [0.15, 0.2) is 0 Å². The van der Waals surface area contributed by atoms with Gasteiger partial charge in [0, 0.05) is 18.0 Å². The minimum atomic E-state index is -0.960. The van der Waals surface area contributed by atoms with Crippen molar-refractivity contribution in [3.8, 4) is 6.07 Å². The predicted octanol–water partition coefficient (Wildman–Crippen LogP) is 3.80. The van der Waals surface area contributed by atoms with E-state index in [9.17, 15) is 9.59 Å². The minimum Gasteiger partial charge on any atom is -0.481 e. The Labute approximate surface area is 144 Å². The number of benzene rings is 2. The van der Waals surface area contributed by atoms with Gasteiger partial charge in [0.2, 0.25) is 5.91 Å². The number of hydrogen-bond acceptors (Lipinski definition) is 3. The molecular formula is C18H15ClN2O3. The summed E-state index contributed by atoms with van der Waals surface area (Å²) >= 11 is 5.93. The fraction of sp³-hybridized carbons (Fsp3) is 0.167. The van der Waals surface area contributed by atoms with Gasteiger partial charge in [0.1, 0.15) is 6.07 Å². The van der Waals surface area contributed by atoms with Gasteiger partial charge in [-0.1, -0.05) is 41.9 Å². The maximum atomic E-state index is 12.2. The number of carbonyl (C=O) groups excluding carboxylic acids is 1.